The highest BCUT2D eigenvalue weighted by Gasteiger charge is 2.24. The maximum Gasteiger partial charge on any atom is 0.197 e. The summed E-state index contributed by atoms with van der Waals surface area (Å²) in [6.45, 7) is 2.81. The van der Waals surface area contributed by atoms with Crippen molar-refractivity contribution < 1.29 is 8.42 Å². The van der Waals surface area contributed by atoms with E-state index in [4.69, 9.17) is 0 Å². The van der Waals surface area contributed by atoms with Crippen LogP contribution in [-0.2, 0) is 9.84 Å². The lowest BCUT2D eigenvalue weighted by atomic mass is 10.3. The molecule has 2 heterocycles. The van der Waals surface area contributed by atoms with Gasteiger partial charge < -0.3 is 5.32 Å². The zero-order chi connectivity index (χ0) is 11.6. The highest BCUT2D eigenvalue weighted by molar-refractivity contribution is 7.91. The fraction of sp³-hybridized carbons (Fsp3) is 0.545. The Morgan fingerprint density at radius 1 is 1.50 bits per heavy atom. The lowest BCUT2D eigenvalue weighted by molar-refractivity contribution is 0.573. The summed E-state index contributed by atoms with van der Waals surface area (Å²) in [7, 11) is -3.23. The summed E-state index contributed by atoms with van der Waals surface area (Å²) >= 11 is 0. The molecule has 5 heteroatoms. The average molecular weight is 240 g/mol. The van der Waals surface area contributed by atoms with Crippen LogP contribution in [0.25, 0.3) is 0 Å². The molecule has 1 aliphatic heterocycles. The molecule has 1 aliphatic rings. The van der Waals surface area contributed by atoms with Crippen LogP contribution in [0.2, 0.25) is 0 Å². The minimum Gasteiger partial charge on any atom is -0.313 e. The number of hydrogen-bond acceptors (Lipinski definition) is 4. The first kappa shape index (κ1) is 11.5. The van der Waals surface area contributed by atoms with Crippen molar-refractivity contribution in [1.29, 1.82) is 0 Å². The van der Waals surface area contributed by atoms with Gasteiger partial charge in [-0.15, -0.1) is 0 Å². The van der Waals surface area contributed by atoms with Crippen LogP contribution in [0.4, 0.5) is 0 Å². The molecular weight excluding hydrogens is 224 g/mol. The first-order chi connectivity index (χ1) is 7.58. The van der Waals surface area contributed by atoms with Crippen LogP contribution in [0.3, 0.4) is 0 Å². The predicted molar refractivity (Wildman–Crippen MR) is 62.1 cm³/mol. The monoisotopic (exact) mass is 240 g/mol. The van der Waals surface area contributed by atoms with Crippen molar-refractivity contribution in [1.82, 2.24) is 10.3 Å². The molecule has 1 aromatic rings. The molecule has 1 saturated heterocycles. The molecule has 88 valence electrons. The molecule has 0 unspecified atom stereocenters. The van der Waals surface area contributed by atoms with Gasteiger partial charge in [-0.3, -0.25) is 0 Å². The molecule has 0 bridgehead atoms. The van der Waals surface area contributed by atoms with E-state index in [1.54, 1.807) is 18.3 Å². The fourth-order valence-corrected chi connectivity index (χ4v) is 3.36. The molecule has 0 aliphatic carbocycles. The van der Waals surface area contributed by atoms with Gasteiger partial charge >= 0.3 is 0 Å². The maximum absolute atomic E-state index is 12.0. The maximum atomic E-state index is 12.0. The lowest BCUT2D eigenvalue weighted by Crippen LogP contribution is -2.30. The molecular formula is C11H16N2O2S. The SMILES string of the molecule is Cc1ccc(S(=O)(=O)C[C@H]2CCCN2)nc1. The Balaban J connectivity index is 2.14. The molecule has 16 heavy (non-hydrogen) atoms. The number of aryl methyl sites for hydroxylation is 1. The van der Waals surface area contributed by atoms with Gasteiger partial charge in [0.25, 0.3) is 0 Å². The van der Waals surface area contributed by atoms with E-state index in [9.17, 15) is 8.42 Å². The van der Waals surface area contributed by atoms with Gasteiger partial charge in [0.05, 0.1) is 5.75 Å². The number of aromatic nitrogens is 1. The number of nitrogens with zero attached hydrogens (tertiary/aromatic N) is 1. The number of rotatable bonds is 3. The van der Waals surface area contributed by atoms with Crippen molar-refractivity contribution in [3.63, 3.8) is 0 Å². The molecule has 4 nitrogen and oxygen atoms in total. The molecule has 1 N–H and O–H groups in total. The minimum atomic E-state index is -3.23. The third-order valence-electron chi connectivity index (χ3n) is 2.79. The Hall–Kier alpha value is -0.940. The van der Waals surface area contributed by atoms with E-state index in [-0.39, 0.29) is 16.8 Å². The van der Waals surface area contributed by atoms with Crippen LogP contribution in [0, 0.1) is 6.92 Å². The first-order valence-corrected chi connectivity index (χ1v) is 7.12. The summed E-state index contributed by atoms with van der Waals surface area (Å²) in [6, 6.07) is 3.45. The third kappa shape index (κ3) is 2.59. The van der Waals surface area contributed by atoms with Gasteiger partial charge in [-0.2, -0.15) is 0 Å². The fourth-order valence-electron chi connectivity index (χ4n) is 1.89. The summed E-state index contributed by atoms with van der Waals surface area (Å²) in [5, 5.41) is 3.37. The highest BCUT2D eigenvalue weighted by Crippen LogP contribution is 2.14. The smallest absolute Gasteiger partial charge is 0.197 e. The summed E-state index contributed by atoms with van der Waals surface area (Å²) in [5.41, 5.74) is 0.970. The minimum absolute atomic E-state index is 0.0908. The summed E-state index contributed by atoms with van der Waals surface area (Å²) in [4.78, 5) is 3.98. The Kier molecular flexibility index (Phi) is 3.25. The third-order valence-corrected chi connectivity index (χ3v) is 4.51. The molecule has 0 radical (unpaired) electrons. The molecule has 0 aromatic carbocycles. The van der Waals surface area contributed by atoms with E-state index < -0.39 is 9.84 Å². The highest BCUT2D eigenvalue weighted by atomic mass is 32.2. The second-order valence-electron chi connectivity index (χ2n) is 4.25. The van der Waals surface area contributed by atoms with Crippen LogP contribution in [-0.4, -0.2) is 31.7 Å². The van der Waals surface area contributed by atoms with Crippen LogP contribution < -0.4 is 5.32 Å². The van der Waals surface area contributed by atoms with Gasteiger partial charge in [-0.25, -0.2) is 13.4 Å². The van der Waals surface area contributed by atoms with Gasteiger partial charge in [-0.1, -0.05) is 6.07 Å². The topological polar surface area (TPSA) is 59.1 Å². The molecule has 0 saturated carbocycles. The zero-order valence-electron chi connectivity index (χ0n) is 9.31. The van der Waals surface area contributed by atoms with Crippen molar-refractivity contribution in [2.45, 2.75) is 30.8 Å². The number of sulfone groups is 1. The van der Waals surface area contributed by atoms with E-state index in [1.807, 2.05) is 6.92 Å². The van der Waals surface area contributed by atoms with E-state index >= 15 is 0 Å². The van der Waals surface area contributed by atoms with Gasteiger partial charge in [0.2, 0.25) is 0 Å². The van der Waals surface area contributed by atoms with Crippen molar-refractivity contribution in [3.8, 4) is 0 Å². The summed E-state index contributed by atoms with van der Waals surface area (Å²) in [5.74, 6) is 0.156. The number of hydrogen-bond donors (Lipinski definition) is 1. The standard InChI is InChI=1S/C11H16N2O2S/c1-9-4-5-11(13-7-9)16(14,15)8-10-3-2-6-12-10/h4-5,7,10,12H,2-3,6,8H2,1H3/t10-/m1/s1. The Morgan fingerprint density at radius 2 is 2.31 bits per heavy atom. The Bertz CT molecular complexity index is 447. The van der Waals surface area contributed by atoms with Crippen LogP contribution in [0.1, 0.15) is 18.4 Å². The largest absolute Gasteiger partial charge is 0.313 e. The van der Waals surface area contributed by atoms with E-state index in [1.165, 1.54) is 0 Å². The van der Waals surface area contributed by atoms with Crippen LogP contribution >= 0.6 is 0 Å². The number of pyridine rings is 1. The quantitative estimate of drug-likeness (QED) is 0.853. The Morgan fingerprint density at radius 3 is 2.88 bits per heavy atom. The number of nitrogens with one attached hydrogen (secondary N) is 1. The molecule has 1 aromatic heterocycles. The predicted octanol–water partition coefficient (Wildman–Crippen LogP) is 0.916. The molecule has 0 spiro atoms. The van der Waals surface area contributed by atoms with Crippen molar-refractivity contribution in [2.75, 3.05) is 12.3 Å². The van der Waals surface area contributed by atoms with E-state index in [0.29, 0.717) is 0 Å². The Labute approximate surface area is 96.0 Å². The van der Waals surface area contributed by atoms with Gasteiger partial charge in [0.15, 0.2) is 14.9 Å². The molecule has 1 fully saturated rings. The second kappa shape index (κ2) is 4.51. The second-order valence-corrected chi connectivity index (χ2v) is 6.23. The van der Waals surface area contributed by atoms with Crippen molar-refractivity contribution >= 4 is 9.84 Å². The molecule has 1 atom stereocenters. The van der Waals surface area contributed by atoms with Gasteiger partial charge in [0, 0.05) is 12.2 Å². The first-order valence-electron chi connectivity index (χ1n) is 5.47. The molecule has 2 rings (SSSR count). The summed E-state index contributed by atoms with van der Waals surface area (Å²) in [6.07, 6.45) is 3.58. The van der Waals surface area contributed by atoms with E-state index in [0.717, 1.165) is 24.9 Å². The average Bonchev–Trinajstić information content (AvgIpc) is 2.70. The lowest BCUT2D eigenvalue weighted by Gasteiger charge is -2.10. The van der Waals surface area contributed by atoms with Gasteiger partial charge in [0.1, 0.15) is 0 Å². The normalized spacial score (nSPS) is 21.2. The van der Waals surface area contributed by atoms with Gasteiger partial charge in [-0.05, 0) is 37.9 Å². The summed E-state index contributed by atoms with van der Waals surface area (Å²) < 4.78 is 24.0. The van der Waals surface area contributed by atoms with Crippen molar-refractivity contribution in [3.05, 3.63) is 23.9 Å². The van der Waals surface area contributed by atoms with Crippen molar-refractivity contribution in [2.24, 2.45) is 0 Å². The van der Waals surface area contributed by atoms with E-state index in [2.05, 4.69) is 10.3 Å². The zero-order valence-corrected chi connectivity index (χ0v) is 10.1. The molecule has 0 amide bonds. The van der Waals surface area contributed by atoms with Crippen LogP contribution in [0.15, 0.2) is 23.4 Å². The van der Waals surface area contributed by atoms with Crippen LogP contribution in [0.5, 0.6) is 0 Å².